The average molecular weight is 372 g/mol. The second kappa shape index (κ2) is 5.78. The summed E-state index contributed by atoms with van der Waals surface area (Å²) in [5.74, 6) is -1.01. The van der Waals surface area contributed by atoms with Crippen molar-refractivity contribution in [1.29, 1.82) is 0 Å². The molecule has 4 rings (SSSR count). The Bertz CT molecular complexity index is 846. The van der Waals surface area contributed by atoms with Gasteiger partial charge < -0.3 is 5.73 Å². The van der Waals surface area contributed by atoms with Crippen molar-refractivity contribution in [2.45, 2.75) is 47.0 Å². The van der Waals surface area contributed by atoms with E-state index in [1.807, 2.05) is 13.8 Å². The summed E-state index contributed by atoms with van der Waals surface area (Å²) in [6.45, 7) is 8.02. The van der Waals surface area contributed by atoms with Crippen LogP contribution in [0.3, 0.4) is 0 Å². The molecule has 5 nitrogen and oxygen atoms in total. The number of anilines is 1. The smallest absolute Gasteiger partial charge is 0.252 e. The minimum atomic E-state index is -0.563. The van der Waals surface area contributed by atoms with Crippen LogP contribution in [0.25, 0.3) is 0 Å². The number of amides is 3. The molecule has 138 valence electrons. The summed E-state index contributed by atoms with van der Waals surface area (Å²) in [5.41, 5.74) is 9.40. The molecule has 2 saturated carbocycles. The molecule has 4 atom stereocenters. The molecule has 1 aliphatic heterocycles. The number of carbonyl (C=O) groups excluding carboxylic acids is 3. The number of hydrogen-bond donors (Lipinski definition) is 1. The lowest BCUT2D eigenvalue weighted by Crippen LogP contribution is -2.34. The molecule has 3 aliphatic rings. The summed E-state index contributed by atoms with van der Waals surface area (Å²) in [7, 11) is 0. The normalized spacial score (nSPS) is 29.7. The number of thiophene rings is 1. The Hall–Kier alpha value is -1.95. The van der Waals surface area contributed by atoms with Crippen LogP contribution in [0.15, 0.2) is 11.1 Å². The number of carbonyl (C=O) groups is 3. The average Bonchev–Trinajstić information content (AvgIpc) is 3.27. The Balaban J connectivity index is 1.82. The lowest BCUT2D eigenvalue weighted by Gasteiger charge is -2.18. The van der Waals surface area contributed by atoms with Crippen LogP contribution < -0.4 is 10.6 Å². The van der Waals surface area contributed by atoms with Gasteiger partial charge in [0.2, 0.25) is 11.8 Å². The van der Waals surface area contributed by atoms with Crippen LogP contribution in [0.5, 0.6) is 0 Å². The number of hydrogen-bond acceptors (Lipinski definition) is 4. The van der Waals surface area contributed by atoms with Gasteiger partial charge in [-0.2, -0.15) is 0 Å². The lowest BCUT2D eigenvalue weighted by molar-refractivity contribution is -0.122. The number of fused-ring (bicyclic) bond motifs is 5. The standard InChI is InChI=1S/C20H24N2O3S/c1-5-10-9(4)26-20(16(10)17(21)23)22-18(24)14-11-6-7-12(13(11)8(2)3)15(14)19(22)25/h11-12,14-15H,5-7H2,1-4H3,(H2,21,23)/t11-,12-,14-,15+/m1/s1. The first kappa shape index (κ1) is 17.5. The van der Waals surface area contributed by atoms with Crippen molar-refractivity contribution in [3.05, 3.63) is 27.2 Å². The van der Waals surface area contributed by atoms with E-state index in [1.165, 1.54) is 27.4 Å². The van der Waals surface area contributed by atoms with Crippen molar-refractivity contribution in [2.75, 3.05) is 4.90 Å². The quantitative estimate of drug-likeness (QED) is 0.653. The highest BCUT2D eigenvalue weighted by Crippen LogP contribution is 2.61. The minimum absolute atomic E-state index is 0.141. The molecule has 1 aromatic heterocycles. The number of nitrogens with zero attached hydrogens (tertiary/aromatic N) is 1. The van der Waals surface area contributed by atoms with Crippen molar-refractivity contribution in [3.63, 3.8) is 0 Å². The zero-order chi connectivity index (χ0) is 18.9. The van der Waals surface area contributed by atoms with E-state index in [9.17, 15) is 14.4 Å². The molecule has 6 heteroatoms. The summed E-state index contributed by atoms with van der Waals surface area (Å²) in [4.78, 5) is 40.9. The fourth-order valence-electron chi connectivity index (χ4n) is 5.59. The zero-order valence-electron chi connectivity index (χ0n) is 15.6. The van der Waals surface area contributed by atoms with Gasteiger partial charge in [-0.05, 0) is 57.4 Å². The van der Waals surface area contributed by atoms with Crippen molar-refractivity contribution in [1.82, 2.24) is 0 Å². The van der Waals surface area contributed by atoms with Gasteiger partial charge in [-0.3, -0.25) is 14.4 Å². The van der Waals surface area contributed by atoms with Gasteiger partial charge in [0.15, 0.2) is 0 Å². The number of allylic oxidation sites excluding steroid dienone is 2. The third kappa shape index (κ3) is 2.05. The van der Waals surface area contributed by atoms with E-state index in [1.54, 1.807) is 0 Å². The van der Waals surface area contributed by atoms with E-state index in [4.69, 9.17) is 5.73 Å². The highest BCUT2D eigenvalue weighted by Gasteiger charge is 2.64. The first-order valence-corrected chi connectivity index (χ1v) is 10.1. The number of primary amides is 1. The molecule has 3 amide bonds. The second-order valence-corrected chi connectivity index (χ2v) is 9.05. The summed E-state index contributed by atoms with van der Waals surface area (Å²) in [6, 6.07) is 0. The molecule has 2 bridgehead atoms. The van der Waals surface area contributed by atoms with Gasteiger partial charge in [-0.25, -0.2) is 4.90 Å². The third-order valence-electron chi connectivity index (χ3n) is 6.42. The van der Waals surface area contributed by atoms with Gasteiger partial charge >= 0.3 is 0 Å². The number of imide groups is 1. The summed E-state index contributed by atoms with van der Waals surface area (Å²) >= 11 is 1.34. The fraction of sp³-hybridized carbons (Fsp3) is 0.550. The maximum absolute atomic E-state index is 13.3. The molecule has 0 radical (unpaired) electrons. The topological polar surface area (TPSA) is 80.5 Å². The Morgan fingerprint density at radius 1 is 1.15 bits per heavy atom. The summed E-state index contributed by atoms with van der Waals surface area (Å²) in [6.07, 6.45) is 2.61. The molecule has 0 aromatic carbocycles. The Morgan fingerprint density at radius 2 is 1.69 bits per heavy atom. The second-order valence-electron chi connectivity index (χ2n) is 7.84. The Labute approximate surface area is 157 Å². The van der Waals surface area contributed by atoms with Gasteiger partial charge in [0, 0.05) is 4.88 Å². The van der Waals surface area contributed by atoms with Crippen molar-refractivity contribution in [2.24, 2.45) is 29.4 Å². The molecule has 0 spiro atoms. The first-order chi connectivity index (χ1) is 12.3. The Morgan fingerprint density at radius 3 is 2.12 bits per heavy atom. The lowest BCUT2D eigenvalue weighted by atomic mass is 9.81. The minimum Gasteiger partial charge on any atom is -0.365 e. The molecule has 3 fully saturated rings. The van der Waals surface area contributed by atoms with E-state index in [2.05, 4.69) is 13.8 Å². The largest absolute Gasteiger partial charge is 0.365 e. The summed E-state index contributed by atoms with van der Waals surface area (Å²) in [5, 5.41) is 0.439. The van der Waals surface area contributed by atoms with E-state index in [-0.39, 0.29) is 35.5 Å². The molecule has 2 N–H and O–H groups in total. The molecule has 26 heavy (non-hydrogen) atoms. The summed E-state index contributed by atoms with van der Waals surface area (Å²) < 4.78 is 0. The highest BCUT2D eigenvalue weighted by atomic mass is 32.1. The van der Waals surface area contributed by atoms with Crippen LogP contribution >= 0.6 is 11.3 Å². The van der Waals surface area contributed by atoms with Gasteiger partial charge in [0.05, 0.1) is 17.4 Å². The number of aryl methyl sites for hydroxylation is 1. The van der Waals surface area contributed by atoms with E-state index in [0.29, 0.717) is 17.0 Å². The predicted octanol–water partition coefficient (Wildman–Crippen LogP) is 3.20. The molecule has 0 unspecified atom stereocenters. The molecule has 1 saturated heterocycles. The Kier molecular flexibility index (Phi) is 3.88. The molecule has 2 aliphatic carbocycles. The van der Waals surface area contributed by atoms with Crippen LogP contribution in [0.4, 0.5) is 5.00 Å². The third-order valence-corrected chi connectivity index (χ3v) is 7.56. The zero-order valence-corrected chi connectivity index (χ0v) is 16.4. The maximum Gasteiger partial charge on any atom is 0.252 e. The van der Waals surface area contributed by atoms with Crippen LogP contribution in [0.2, 0.25) is 0 Å². The van der Waals surface area contributed by atoms with Crippen LogP contribution in [-0.4, -0.2) is 17.7 Å². The van der Waals surface area contributed by atoms with Crippen LogP contribution in [0, 0.1) is 30.6 Å². The van der Waals surface area contributed by atoms with Crippen molar-refractivity contribution < 1.29 is 14.4 Å². The highest BCUT2D eigenvalue weighted by molar-refractivity contribution is 7.17. The van der Waals surface area contributed by atoms with Crippen molar-refractivity contribution >= 4 is 34.1 Å². The molecule has 1 aromatic rings. The molecule has 2 heterocycles. The molecular weight excluding hydrogens is 348 g/mol. The number of rotatable bonds is 3. The van der Waals surface area contributed by atoms with Gasteiger partial charge in [-0.1, -0.05) is 18.1 Å². The SMILES string of the molecule is CCc1c(C)sc(N2C(=O)[C@@H]3[C@H](C2=O)[C@@H]2CC[C@@H]3C2=C(C)C)c1C(N)=O. The molecular formula is C20H24N2O3S. The van der Waals surface area contributed by atoms with Crippen molar-refractivity contribution in [3.8, 4) is 0 Å². The van der Waals surface area contributed by atoms with Crippen LogP contribution in [0.1, 0.15) is 54.4 Å². The van der Waals surface area contributed by atoms with Gasteiger partial charge in [-0.15, -0.1) is 11.3 Å². The van der Waals surface area contributed by atoms with E-state index < -0.39 is 5.91 Å². The predicted molar refractivity (Wildman–Crippen MR) is 101 cm³/mol. The maximum atomic E-state index is 13.3. The first-order valence-electron chi connectivity index (χ1n) is 9.26. The number of nitrogens with two attached hydrogens (primary N) is 1. The fourth-order valence-corrected chi connectivity index (χ4v) is 6.85. The monoisotopic (exact) mass is 372 g/mol. The van der Waals surface area contributed by atoms with Gasteiger partial charge in [0.25, 0.3) is 5.91 Å². The van der Waals surface area contributed by atoms with E-state index in [0.717, 1.165) is 23.3 Å². The van der Waals surface area contributed by atoms with Gasteiger partial charge in [0.1, 0.15) is 5.00 Å². The van der Waals surface area contributed by atoms with Crippen LogP contribution in [-0.2, 0) is 16.0 Å². The van der Waals surface area contributed by atoms with E-state index >= 15 is 0 Å².